The van der Waals surface area contributed by atoms with E-state index >= 15 is 0 Å². The van der Waals surface area contributed by atoms with E-state index in [2.05, 4.69) is 0 Å². The minimum atomic E-state index is 0.0106. The highest BCUT2D eigenvalue weighted by Crippen LogP contribution is 2.05. The van der Waals surface area contributed by atoms with Crippen molar-refractivity contribution in [3.63, 3.8) is 0 Å². The number of unbranched alkanes of at least 4 members (excludes halogenated alkanes) is 2. The maximum atomic E-state index is 11.7. The van der Waals surface area contributed by atoms with Gasteiger partial charge in [-0.3, -0.25) is 4.79 Å². The Morgan fingerprint density at radius 3 is 2.87 bits per heavy atom. The summed E-state index contributed by atoms with van der Waals surface area (Å²) in [5, 5.41) is 0. The predicted octanol–water partition coefficient (Wildman–Crippen LogP) is 1.48. The Balaban J connectivity index is 2.28. The number of carbonyl (C=O) groups is 1. The summed E-state index contributed by atoms with van der Waals surface area (Å²) in [6, 6.07) is 1.68. The van der Waals surface area contributed by atoms with Gasteiger partial charge in [0.1, 0.15) is 6.26 Å². The summed E-state index contributed by atoms with van der Waals surface area (Å²) in [5.41, 5.74) is 6.00. The van der Waals surface area contributed by atoms with Crippen LogP contribution in [0.3, 0.4) is 0 Å². The first-order valence-corrected chi connectivity index (χ1v) is 5.23. The van der Waals surface area contributed by atoms with E-state index in [-0.39, 0.29) is 5.91 Å². The van der Waals surface area contributed by atoms with Crippen molar-refractivity contribution in [3.05, 3.63) is 24.2 Å². The van der Waals surface area contributed by atoms with E-state index in [0.717, 1.165) is 32.4 Å². The zero-order chi connectivity index (χ0) is 11.1. The fraction of sp³-hybridized carbons (Fsp3) is 0.545. The Hall–Kier alpha value is -1.29. The molecule has 1 heterocycles. The summed E-state index contributed by atoms with van der Waals surface area (Å²) >= 11 is 0. The highest BCUT2D eigenvalue weighted by Gasteiger charge is 2.11. The SMILES string of the molecule is CN(CCCCCN)C(=O)c1ccoc1. The van der Waals surface area contributed by atoms with Crippen LogP contribution in [0, 0.1) is 0 Å². The van der Waals surface area contributed by atoms with E-state index in [4.69, 9.17) is 10.2 Å². The number of carbonyl (C=O) groups excluding carboxylic acids is 1. The highest BCUT2D eigenvalue weighted by atomic mass is 16.3. The van der Waals surface area contributed by atoms with Crippen LogP contribution >= 0.6 is 0 Å². The smallest absolute Gasteiger partial charge is 0.256 e. The van der Waals surface area contributed by atoms with Gasteiger partial charge < -0.3 is 15.1 Å². The molecule has 4 nitrogen and oxygen atoms in total. The van der Waals surface area contributed by atoms with Crippen molar-refractivity contribution < 1.29 is 9.21 Å². The number of hydrogen-bond donors (Lipinski definition) is 1. The number of furan rings is 1. The summed E-state index contributed by atoms with van der Waals surface area (Å²) in [6.45, 7) is 1.49. The summed E-state index contributed by atoms with van der Waals surface area (Å²) in [6.07, 6.45) is 6.07. The van der Waals surface area contributed by atoms with Gasteiger partial charge in [-0.25, -0.2) is 0 Å². The highest BCUT2D eigenvalue weighted by molar-refractivity contribution is 5.93. The third-order valence-electron chi connectivity index (χ3n) is 2.31. The van der Waals surface area contributed by atoms with Crippen LogP contribution < -0.4 is 5.73 Å². The molecule has 0 saturated carbocycles. The first kappa shape index (κ1) is 11.8. The van der Waals surface area contributed by atoms with Crippen LogP contribution in [-0.4, -0.2) is 30.9 Å². The number of nitrogens with two attached hydrogens (primary N) is 1. The molecule has 4 heteroatoms. The Morgan fingerprint density at radius 1 is 1.47 bits per heavy atom. The Morgan fingerprint density at radius 2 is 2.27 bits per heavy atom. The van der Waals surface area contributed by atoms with Gasteiger partial charge in [0.2, 0.25) is 0 Å². The van der Waals surface area contributed by atoms with Crippen LogP contribution in [0.4, 0.5) is 0 Å². The van der Waals surface area contributed by atoms with Gasteiger partial charge in [-0.2, -0.15) is 0 Å². The largest absolute Gasteiger partial charge is 0.472 e. The Bertz CT molecular complexity index is 283. The van der Waals surface area contributed by atoms with Crippen LogP contribution in [0.1, 0.15) is 29.6 Å². The van der Waals surface area contributed by atoms with Gasteiger partial charge in [0, 0.05) is 13.6 Å². The summed E-state index contributed by atoms with van der Waals surface area (Å²) in [4.78, 5) is 13.4. The molecule has 1 aromatic rings. The van der Waals surface area contributed by atoms with Crippen molar-refractivity contribution in [2.45, 2.75) is 19.3 Å². The van der Waals surface area contributed by atoms with E-state index in [1.807, 2.05) is 0 Å². The van der Waals surface area contributed by atoms with E-state index in [9.17, 15) is 4.79 Å². The molecule has 1 aromatic heterocycles. The van der Waals surface area contributed by atoms with Crippen molar-refractivity contribution in [3.8, 4) is 0 Å². The second-order valence-electron chi connectivity index (χ2n) is 3.59. The van der Waals surface area contributed by atoms with Gasteiger partial charge in [0.05, 0.1) is 11.8 Å². The average Bonchev–Trinajstić information content (AvgIpc) is 2.76. The molecule has 0 bridgehead atoms. The predicted molar refractivity (Wildman–Crippen MR) is 58.6 cm³/mol. The quantitative estimate of drug-likeness (QED) is 0.723. The van der Waals surface area contributed by atoms with E-state index < -0.39 is 0 Å². The van der Waals surface area contributed by atoms with Crippen molar-refractivity contribution in [1.82, 2.24) is 4.90 Å². The minimum Gasteiger partial charge on any atom is -0.472 e. The van der Waals surface area contributed by atoms with E-state index in [0.29, 0.717) is 5.56 Å². The standard InChI is InChI=1S/C11H18N2O2/c1-13(7-4-2-3-6-12)11(14)10-5-8-15-9-10/h5,8-9H,2-4,6-7,12H2,1H3. The lowest BCUT2D eigenvalue weighted by atomic mass is 10.2. The molecule has 0 aliphatic rings. The maximum Gasteiger partial charge on any atom is 0.256 e. The van der Waals surface area contributed by atoms with Crippen molar-refractivity contribution in [2.24, 2.45) is 5.73 Å². The zero-order valence-corrected chi connectivity index (χ0v) is 9.11. The van der Waals surface area contributed by atoms with Gasteiger partial charge in [-0.15, -0.1) is 0 Å². The monoisotopic (exact) mass is 210 g/mol. The topological polar surface area (TPSA) is 59.5 Å². The summed E-state index contributed by atoms with van der Waals surface area (Å²) in [7, 11) is 1.80. The van der Waals surface area contributed by atoms with Crippen LogP contribution in [-0.2, 0) is 0 Å². The normalized spacial score (nSPS) is 10.3. The molecule has 0 atom stereocenters. The lowest BCUT2D eigenvalue weighted by Crippen LogP contribution is -2.27. The molecule has 1 amide bonds. The first-order valence-electron chi connectivity index (χ1n) is 5.23. The molecule has 0 radical (unpaired) electrons. The van der Waals surface area contributed by atoms with Gasteiger partial charge in [-0.05, 0) is 25.5 Å². The van der Waals surface area contributed by atoms with Crippen LogP contribution in [0.25, 0.3) is 0 Å². The first-order chi connectivity index (χ1) is 7.25. The van der Waals surface area contributed by atoms with Crippen molar-refractivity contribution in [1.29, 1.82) is 0 Å². The summed E-state index contributed by atoms with van der Waals surface area (Å²) < 4.78 is 4.86. The lowest BCUT2D eigenvalue weighted by molar-refractivity contribution is 0.0792. The van der Waals surface area contributed by atoms with Crippen LogP contribution in [0.5, 0.6) is 0 Å². The number of amides is 1. The second kappa shape index (κ2) is 6.24. The summed E-state index contributed by atoms with van der Waals surface area (Å²) in [5.74, 6) is 0.0106. The van der Waals surface area contributed by atoms with Gasteiger partial charge in [0.25, 0.3) is 5.91 Å². The minimum absolute atomic E-state index is 0.0106. The third kappa shape index (κ3) is 3.75. The van der Waals surface area contributed by atoms with E-state index in [1.54, 1.807) is 18.0 Å². The molecule has 0 aliphatic carbocycles. The molecule has 2 N–H and O–H groups in total. The molecular weight excluding hydrogens is 192 g/mol. The molecule has 15 heavy (non-hydrogen) atoms. The fourth-order valence-corrected chi connectivity index (χ4v) is 1.38. The average molecular weight is 210 g/mol. The fourth-order valence-electron chi connectivity index (χ4n) is 1.38. The van der Waals surface area contributed by atoms with Gasteiger partial charge in [0.15, 0.2) is 0 Å². The number of nitrogens with zero attached hydrogens (tertiary/aromatic N) is 1. The third-order valence-corrected chi connectivity index (χ3v) is 2.31. The van der Waals surface area contributed by atoms with Gasteiger partial charge in [-0.1, -0.05) is 6.42 Å². The molecule has 1 rings (SSSR count). The molecule has 0 saturated heterocycles. The molecule has 84 valence electrons. The van der Waals surface area contributed by atoms with Crippen molar-refractivity contribution in [2.75, 3.05) is 20.1 Å². The molecule has 0 spiro atoms. The lowest BCUT2D eigenvalue weighted by Gasteiger charge is -2.15. The van der Waals surface area contributed by atoms with Crippen molar-refractivity contribution >= 4 is 5.91 Å². The molecule has 0 fully saturated rings. The second-order valence-corrected chi connectivity index (χ2v) is 3.59. The van der Waals surface area contributed by atoms with Gasteiger partial charge >= 0.3 is 0 Å². The number of hydrogen-bond acceptors (Lipinski definition) is 3. The number of rotatable bonds is 6. The molecule has 0 unspecified atom stereocenters. The molecular formula is C11H18N2O2. The van der Waals surface area contributed by atoms with E-state index in [1.165, 1.54) is 12.5 Å². The molecule has 0 aliphatic heterocycles. The zero-order valence-electron chi connectivity index (χ0n) is 9.11. The van der Waals surface area contributed by atoms with Crippen LogP contribution in [0.2, 0.25) is 0 Å². The Labute approximate surface area is 90.0 Å². The Kier molecular flexibility index (Phi) is 4.90. The van der Waals surface area contributed by atoms with Crippen LogP contribution in [0.15, 0.2) is 23.0 Å². The maximum absolute atomic E-state index is 11.7. The molecule has 0 aromatic carbocycles.